The molecule has 6 aliphatic rings. The third-order valence-corrected chi connectivity index (χ3v) is 13.0. The van der Waals surface area contributed by atoms with Gasteiger partial charge in [0.15, 0.2) is 12.2 Å². The van der Waals surface area contributed by atoms with E-state index in [1.54, 1.807) is 0 Å². The van der Waals surface area contributed by atoms with Crippen molar-refractivity contribution < 1.29 is 95.2 Å². The third-order valence-electron chi connectivity index (χ3n) is 13.0. The van der Waals surface area contributed by atoms with Gasteiger partial charge in [-0.1, -0.05) is 13.2 Å². The van der Waals surface area contributed by atoms with Crippen molar-refractivity contribution >= 4 is 48.1 Å². The molecular formula is C46H62O20. The summed E-state index contributed by atoms with van der Waals surface area (Å²) in [7, 11) is 0. The van der Waals surface area contributed by atoms with E-state index in [-0.39, 0.29) is 112 Å². The Morgan fingerprint density at radius 1 is 0.379 bits per heavy atom. The molecule has 4 saturated carbocycles. The van der Waals surface area contributed by atoms with Crippen molar-refractivity contribution in [3.63, 3.8) is 0 Å². The maximum atomic E-state index is 13.2. The average molecular weight is 935 g/mol. The molecule has 0 aromatic heterocycles. The zero-order chi connectivity index (χ0) is 47.0. The summed E-state index contributed by atoms with van der Waals surface area (Å²) in [5.41, 5.74) is 0. The topological polar surface area (TPSA) is 247 Å². The van der Waals surface area contributed by atoms with Crippen LogP contribution < -0.4 is 0 Å². The molecule has 0 amide bonds. The van der Waals surface area contributed by atoms with Gasteiger partial charge in [-0.25, -0.2) is 19.2 Å². The van der Waals surface area contributed by atoms with Gasteiger partial charge in [0.25, 0.3) is 0 Å². The summed E-state index contributed by atoms with van der Waals surface area (Å²) in [6.45, 7) is 6.27. The van der Waals surface area contributed by atoms with Gasteiger partial charge in [0.1, 0.15) is 63.1 Å². The Labute approximate surface area is 382 Å². The van der Waals surface area contributed by atoms with Gasteiger partial charge in [-0.3, -0.25) is 19.2 Å². The van der Waals surface area contributed by atoms with E-state index >= 15 is 0 Å². The molecule has 0 bridgehead atoms. The Morgan fingerprint density at radius 3 is 0.955 bits per heavy atom. The van der Waals surface area contributed by atoms with E-state index in [2.05, 4.69) is 13.2 Å². The zero-order valence-electron chi connectivity index (χ0n) is 37.2. The molecule has 4 aliphatic carbocycles. The van der Waals surface area contributed by atoms with Crippen LogP contribution in [0.4, 0.5) is 9.59 Å². The SMILES string of the molecule is C=CC(=O)OCCOC(=O)OC1CCC(C(=O)OC2CCC(C(=O)OC3CO[C@H]4[C@H](OC(=O)C5CCC(OC(=O)C6CCC(OC(=O)OCCOC(=O)C=C)CC6)CC5)CO[C@@H]34)CC2)CC1. The van der Waals surface area contributed by atoms with Crippen LogP contribution in [0.25, 0.3) is 0 Å². The van der Waals surface area contributed by atoms with E-state index < -0.39 is 48.7 Å². The number of fused-ring (bicyclic) bond motifs is 1. The Hall–Kier alpha value is -5.24. The molecule has 4 atom stereocenters. The first-order valence-electron chi connectivity index (χ1n) is 23.2. The van der Waals surface area contributed by atoms with Crippen LogP contribution in [-0.4, -0.2) is 137 Å². The average Bonchev–Trinajstić information content (AvgIpc) is 3.92. The molecular weight excluding hydrogens is 872 g/mol. The predicted octanol–water partition coefficient (Wildman–Crippen LogP) is 4.69. The molecule has 366 valence electrons. The van der Waals surface area contributed by atoms with E-state index in [4.69, 9.17) is 56.8 Å². The van der Waals surface area contributed by atoms with Gasteiger partial charge in [0.2, 0.25) is 0 Å². The van der Waals surface area contributed by atoms with E-state index in [0.29, 0.717) is 103 Å². The van der Waals surface area contributed by atoms with E-state index in [9.17, 15) is 38.4 Å². The fourth-order valence-electron chi connectivity index (χ4n) is 9.30. The minimum Gasteiger partial charge on any atom is -0.462 e. The standard InChI is InChI=1S/C46H62O20/c1-3-37(47)55-21-23-57-45(53)63-33-17-9-27(10-18-33)41(49)61-31-13-5-29(6-14-31)43(51)65-35-25-59-40-36(26-60-39(35)40)66-44(52)30-7-15-32(16-8-30)62-42(50)28-11-19-34(20-12-28)64-46(54)58-24-22-56-38(48)4-2/h3-4,27-36,39-40H,1-2,5-26H2/t27?,28?,29?,30?,31?,32?,33?,34?,35-,36?,39+,40+/m1/s1. The van der Waals surface area contributed by atoms with Gasteiger partial charge in [-0.2, -0.15) is 0 Å². The highest BCUT2D eigenvalue weighted by Crippen LogP contribution is 2.36. The van der Waals surface area contributed by atoms with Crippen LogP contribution in [0.3, 0.4) is 0 Å². The van der Waals surface area contributed by atoms with Crippen molar-refractivity contribution in [2.24, 2.45) is 23.7 Å². The fourth-order valence-corrected chi connectivity index (χ4v) is 9.30. The van der Waals surface area contributed by atoms with Crippen LogP contribution in [0.1, 0.15) is 103 Å². The molecule has 2 heterocycles. The monoisotopic (exact) mass is 934 g/mol. The van der Waals surface area contributed by atoms with Gasteiger partial charge in [0.05, 0.1) is 36.9 Å². The lowest BCUT2D eigenvalue weighted by Crippen LogP contribution is -2.39. The molecule has 66 heavy (non-hydrogen) atoms. The quantitative estimate of drug-likeness (QED) is 0.0782. The minimum atomic E-state index is -0.864. The first-order chi connectivity index (χ1) is 31.9. The molecule has 6 fully saturated rings. The molecule has 20 heteroatoms. The highest BCUT2D eigenvalue weighted by atomic mass is 16.7. The summed E-state index contributed by atoms with van der Waals surface area (Å²) in [4.78, 5) is 98.4. The van der Waals surface area contributed by atoms with Crippen molar-refractivity contribution in [2.45, 2.75) is 152 Å². The number of hydrogen-bond acceptors (Lipinski definition) is 20. The number of ether oxygens (including phenoxy) is 12. The van der Waals surface area contributed by atoms with Crippen LogP contribution in [0.5, 0.6) is 0 Å². The number of esters is 6. The van der Waals surface area contributed by atoms with E-state index in [1.165, 1.54) is 0 Å². The summed E-state index contributed by atoms with van der Waals surface area (Å²) in [5.74, 6) is -3.94. The molecule has 0 aromatic carbocycles. The van der Waals surface area contributed by atoms with Gasteiger partial charge in [-0.05, 0) is 103 Å². The Bertz CT molecular complexity index is 1590. The van der Waals surface area contributed by atoms with Gasteiger partial charge < -0.3 is 56.8 Å². The lowest BCUT2D eigenvalue weighted by Gasteiger charge is -2.31. The highest BCUT2D eigenvalue weighted by Gasteiger charge is 2.52. The normalized spacial score (nSPS) is 31.6. The molecule has 0 aromatic rings. The number of carbonyl (C=O) groups excluding carboxylic acids is 8. The highest BCUT2D eigenvalue weighted by molar-refractivity contribution is 5.81. The molecule has 0 N–H and O–H groups in total. The van der Waals surface area contributed by atoms with Crippen LogP contribution in [-0.2, 0) is 85.6 Å². The Morgan fingerprint density at radius 2 is 0.652 bits per heavy atom. The van der Waals surface area contributed by atoms with Crippen molar-refractivity contribution in [3.05, 3.63) is 25.3 Å². The summed E-state index contributed by atoms with van der Waals surface area (Å²) in [5, 5.41) is 0. The molecule has 2 aliphatic heterocycles. The lowest BCUT2D eigenvalue weighted by molar-refractivity contribution is -0.164. The second-order valence-corrected chi connectivity index (χ2v) is 17.5. The smallest absolute Gasteiger partial charge is 0.462 e. The van der Waals surface area contributed by atoms with E-state index in [0.717, 1.165) is 12.2 Å². The van der Waals surface area contributed by atoms with Gasteiger partial charge in [0, 0.05) is 12.2 Å². The first-order valence-corrected chi connectivity index (χ1v) is 23.2. The van der Waals surface area contributed by atoms with Crippen molar-refractivity contribution in [1.29, 1.82) is 0 Å². The van der Waals surface area contributed by atoms with Crippen molar-refractivity contribution in [2.75, 3.05) is 39.6 Å². The predicted molar refractivity (Wildman–Crippen MR) is 222 cm³/mol. The molecule has 2 saturated heterocycles. The van der Waals surface area contributed by atoms with Gasteiger partial charge >= 0.3 is 48.1 Å². The van der Waals surface area contributed by atoms with Crippen LogP contribution >= 0.6 is 0 Å². The molecule has 6 rings (SSSR count). The molecule has 0 spiro atoms. The number of carbonyl (C=O) groups is 8. The molecule has 1 unspecified atom stereocenters. The van der Waals surface area contributed by atoms with Crippen LogP contribution in [0.15, 0.2) is 25.3 Å². The van der Waals surface area contributed by atoms with Crippen LogP contribution in [0, 0.1) is 23.7 Å². The largest absolute Gasteiger partial charge is 0.508 e. The maximum absolute atomic E-state index is 13.2. The maximum Gasteiger partial charge on any atom is 0.508 e. The Balaban J connectivity index is 0.802. The van der Waals surface area contributed by atoms with E-state index in [1.807, 2.05) is 0 Å². The Kier molecular flexibility index (Phi) is 19.0. The lowest BCUT2D eigenvalue weighted by atomic mass is 9.86. The fraction of sp³-hybridized carbons (Fsp3) is 0.739. The van der Waals surface area contributed by atoms with Gasteiger partial charge in [-0.15, -0.1) is 0 Å². The summed E-state index contributed by atoms with van der Waals surface area (Å²) < 4.78 is 65.2. The number of rotatable bonds is 18. The minimum absolute atomic E-state index is 0.109. The number of hydrogen-bond donors (Lipinski definition) is 0. The summed E-state index contributed by atoms with van der Waals surface area (Å²) in [6.07, 6.45) is 4.39. The summed E-state index contributed by atoms with van der Waals surface area (Å²) in [6, 6.07) is 0. The van der Waals surface area contributed by atoms with Crippen LogP contribution in [0.2, 0.25) is 0 Å². The summed E-state index contributed by atoms with van der Waals surface area (Å²) >= 11 is 0. The zero-order valence-corrected chi connectivity index (χ0v) is 37.2. The molecule has 20 nitrogen and oxygen atoms in total. The van der Waals surface area contributed by atoms with Crippen molar-refractivity contribution in [1.82, 2.24) is 0 Å². The second-order valence-electron chi connectivity index (χ2n) is 17.5. The second kappa shape index (κ2) is 25.0. The first kappa shape index (κ1) is 50.2. The third kappa shape index (κ3) is 14.9. The molecule has 0 radical (unpaired) electrons. The van der Waals surface area contributed by atoms with Crippen molar-refractivity contribution in [3.8, 4) is 0 Å².